The van der Waals surface area contributed by atoms with Crippen LogP contribution in [0, 0.1) is 5.92 Å². The highest BCUT2D eigenvalue weighted by Gasteiger charge is 2.28. The summed E-state index contributed by atoms with van der Waals surface area (Å²) in [6.45, 7) is 3.18. The SMILES string of the molecule is CCOC(=O)N1CCC(CS(=O)(=O)c2ccc(Oc3ccccc3)cc2)CC1. The minimum atomic E-state index is -3.39. The molecule has 0 spiro atoms. The van der Waals surface area contributed by atoms with Gasteiger partial charge in [0.2, 0.25) is 0 Å². The number of rotatable bonds is 6. The van der Waals surface area contributed by atoms with Crippen LogP contribution in [0.1, 0.15) is 19.8 Å². The molecule has 1 amide bonds. The number of carbonyl (C=O) groups is 1. The van der Waals surface area contributed by atoms with E-state index in [-0.39, 0.29) is 17.8 Å². The molecule has 6 nitrogen and oxygen atoms in total. The van der Waals surface area contributed by atoms with Crippen molar-refractivity contribution >= 4 is 15.9 Å². The third kappa shape index (κ3) is 5.25. The second kappa shape index (κ2) is 9.10. The zero-order valence-corrected chi connectivity index (χ0v) is 16.7. The van der Waals surface area contributed by atoms with E-state index in [1.54, 1.807) is 36.1 Å². The summed E-state index contributed by atoms with van der Waals surface area (Å²) < 4.78 is 36.2. The van der Waals surface area contributed by atoms with Gasteiger partial charge in [0.05, 0.1) is 17.3 Å². The molecule has 0 unspecified atom stereocenters. The highest BCUT2D eigenvalue weighted by molar-refractivity contribution is 7.91. The van der Waals surface area contributed by atoms with Crippen molar-refractivity contribution in [2.45, 2.75) is 24.7 Å². The third-order valence-electron chi connectivity index (χ3n) is 4.76. The maximum absolute atomic E-state index is 12.7. The van der Waals surface area contributed by atoms with Gasteiger partial charge < -0.3 is 14.4 Å². The van der Waals surface area contributed by atoms with Crippen molar-refractivity contribution in [2.24, 2.45) is 5.92 Å². The van der Waals surface area contributed by atoms with E-state index < -0.39 is 9.84 Å². The van der Waals surface area contributed by atoms with E-state index in [0.717, 1.165) is 0 Å². The number of hydrogen-bond donors (Lipinski definition) is 0. The van der Waals surface area contributed by atoms with Crippen molar-refractivity contribution in [3.05, 3.63) is 54.6 Å². The molecule has 0 bridgehead atoms. The first-order valence-electron chi connectivity index (χ1n) is 9.45. The summed E-state index contributed by atoms with van der Waals surface area (Å²) in [5.41, 5.74) is 0. The molecule has 0 radical (unpaired) electrons. The average Bonchev–Trinajstić information content (AvgIpc) is 2.70. The Balaban J connectivity index is 1.57. The number of sulfone groups is 1. The fourth-order valence-corrected chi connectivity index (χ4v) is 4.94. The van der Waals surface area contributed by atoms with Crippen LogP contribution < -0.4 is 4.74 Å². The predicted molar refractivity (Wildman–Crippen MR) is 106 cm³/mol. The minimum absolute atomic E-state index is 0.0379. The van der Waals surface area contributed by atoms with Gasteiger partial charge >= 0.3 is 6.09 Å². The summed E-state index contributed by atoms with van der Waals surface area (Å²) in [7, 11) is -3.39. The Hall–Kier alpha value is -2.54. The summed E-state index contributed by atoms with van der Waals surface area (Å²) in [4.78, 5) is 13.7. The quantitative estimate of drug-likeness (QED) is 0.725. The molecular weight excluding hydrogens is 378 g/mol. The largest absolute Gasteiger partial charge is 0.457 e. The molecule has 1 fully saturated rings. The van der Waals surface area contributed by atoms with Gasteiger partial charge in [-0.1, -0.05) is 18.2 Å². The lowest BCUT2D eigenvalue weighted by atomic mass is 9.99. The molecule has 0 saturated carbocycles. The van der Waals surface area contributed by atoms with Crippen LogP contribution in [0.15, 0.2) is 59.5 Å². The van der Waals surface area contributed by atoms with Crippen molar-refractivity contribution in [3.8, 4) is 11.5 Å². The first kappa shape index (κ1) is 20.2. The van der Waals surface area contributed by atoms with Crippen LogP contribution in [-0.4, -0.2) is 44.9 Å². The number of para-hydroxylation sites is 1. The van der Waals surface area contributed by atoms with Gasteiger partial charge in [-0.3, -0.25) is 0 Å². The Kier molecular flexibility index (Phi) is 6.57. The number of amides is 1. The van der Waals surface area contributed by atoms with Crippen LogP contribution in [0.3, 0.4) is 0 Å². The standard InChI is InChI=1S/C21H25NO5S/c1-2-26-21(23)22-14-12-17(13-15-22)16-28(24,25)20-10-8-19(9-11-20)27-18-6-4-3-5-7-18/h3-11,17H,2,12-16H2,1H3. The third-order valence-corrected chi connectivity index (χ3v) is 6.66. The first-order chi connectivity index (χ1) is 13.5. The number of ether oxygens (including phenoxy) is 2. The van der Waals surface area contributed by atoms with E-state index in [9.17, 15) is 13.2 Å². The van der Waals surface area contributed by atoms with E-state index in [4.69, 9.17) is 9.47 Å². The number of carbonyl (C=O) groups excluding carboxylic acids is 1. The lowest BCUT2D eigenvalue weighted by molar-refractivity contribution is 0.0936. The summed E-state index contributed by atoms with van der Waals surface area (Å²) in [6.07, 6.45) is 0.998. The zero-order chi connectivity index (χ0) is 20.0. The average molecular weight is 404 g/mol. The molecule has 1 saturated heterocycles. The van der Waals surface area contributed by atoms with E-state index in [2.05, 4.69) is 0 Å². The maximum Gasteiger partial charge on any atom is 0.409 e. The summed E-state index contributed by atoms with van der Waals surface area (Å²) in [5.74, 6) is 1.41. The molecule has 3 rings (SSSR count). The molecule has 1 heterocycles. The Morgan fingerprint density at radius 3 is 2.21 bits per heavy atom. The minimum Gasteiger partial charge on any atom is -0.457 e. The lowest BCUT2D eigenvalue weighted by Gasteiger charge is -2.31. The molecule has 28 heavy (non-hydrogen) atoms. The molecule has 2 aromatic rings. The molecule has 0 aromatic heterocycles. The molecule has 2 aromatic carbocycles. The topological polar surface area (TPSA) is 72.9 Å². The van der Waals surface area contributed by atoms with Gasteiger partial charge in [0.1, 0.15) is 11.5 Å². The maximum atomic E-state index is 12.7. The highest BCUT2D eigenvalue weighted by Crippen LogP contribution is 2.26. The van der Waals surface area contributed by atoms with E-state index >= 15 is 0 Å². The van der Waals surface area contributed by atoms with Crippen LogP contribution in [0.2, 0.25) is 0 Å². The monoisotopic (exact) mass is 403 g/mol. The Morgan fingerprint density at radius 2 is 1.61 bits per heavy atom. The van der Waals surface area contributed by atoms with Crippen molar-refractivity contribution in [3.63, 3.8) is 0 Å². The fraction of sp³-hybridized carbons (Fsp3) is 0.381. The van der Waals surface area contributed by atoms with E-state index in [1.165, 1.54) is 0 Å². The highest BCUT2D eigenvalue weighted by atomic mass is 32.2. The summed E-state index contributed by atoms with van der Waals surface area (Å²) in [5, 5.41) is 0. The van der Waals surface area contributed by atoms with Gasteiger partial charge in [-0.25, -0.2) is 13.2 Å². The number of nitrogens with zero attached hydrogens (tertiary/aromatic N) is 1. The molecule has 7 heteroatoms. The number of hydrogen-bond acceptors (Lipinski definition) is 5. The number of likely N-dealkylation sites (tertiary alicyclic amines) is 1. The summed E-state index contributed by atoms with van der Waals surface area (Å²) >= 11 is 0. The summed E-state index contributed by atoms with van der Waals surface area (Å²) in [6, 6.07) is 15.8. The molecule has 0 atom stereocenters. The zero-order valence-electron chi connectivity index (χ0n) is 15.9. The second-order valence-corrected chi connectivity index (χ2v) is 8.83. The van der Waals surface area contributed by atoms with Gasteiger partial charge in [0, 0.05) is 13.1 Å². The lowest BCUT2D eigenvalue weighted by Crippen LogP contribution is -2.40. The molecule has 150 valence electrons. The molecule has 0 aliphatic carbocycles. The smallest absolute Gasteiger partial charge is 0.409 e. The van der Waals surface area contributed by atoms with Crippen LogP contribution in [0.4, 0.5) is 4.79 Å². The van der Waals surface area contributed by atoms with Crippen molar-refractivity contribution in [2.75, 3.05) is 25.4 Å². The molecule has 0 N–H and O–H groups in total. The molecule has 1 aliphatic rings. The van der Waals surface area contributed by atoms with Crippen molar-refractivity contribution in [1.29, 1.82) is 0 Å². The van der Waals surface area contributed by atoms with Crippen LogP contribution in [0.25, 0.3) is 0 Å². The predicted octanol–water partition coefficient (Wildman–Crippen LogP) is 4.12. The number of benzene rings is 2. The van der Waals surface area contributed by atoms with Crippen molar-refractivity contribution in [1.82, 2.24) is 4.90 Å². The van der Waals surface area contributed by atoms with Crippen LogP contribution >= 0.6 is 0 Å². The van der Waals surface area contributed by atoms with Gasteiger partial charge in [-0.05, 0) is 62.1 Å². The second-order valence-electron chi connectivity index (χ2n) is 6.80. The number of piperidine rings is 1. The Bertz CT molecular complexity index is 873. The first-order valence-corrected chi connectivity index (χ1v) is 11.1. The fourth-order valence-electron chi connectivity index (χ4n) is 3.24. The normalized spacial score (nSPS) is 15.2. The van der Waals surface area contributed by atoms with Crippen LogP contribution in [0.5, 0.6) is 11.5 Å². The molecule has 1 aliphatic heterocycles. The Labute approximate surface area is 166 Å². The van der Waals surface area contributed by atoms with Crippen molar-refractivity contribution < 1.29 is 22.7 Å². The molecular formula is C21H25NO5S. The van der Waals surface area contributed by atoms with Gasteiger partial charge in [-0.2, -0.15) is 0 Å². The van der Waals surface area contributed by atoms with Gasteiger partial charge in [-0.15, -0.1) is 0 Å². The van der Waals surface area contributed by atoms with Crippen LogP contribution in [-0.2, 0) is 14.6 Å². The van der Waals surface area contributed by atoms with E-state index in [0.29, 0.717) is 48.9 Å². The Morgan fingerprint density at radius 1 is 1.00 bits per heavy atom. The van der Waals surface area contributed by atoms with Gasteiger partial charge in [0.25, 0.3) is 0 Å². The van der Waals surface area contributed by atoms with Gasteiger partial charge in [0.15, 0.2) is 9.84 Å². The van der Waals surface area contributed by atoms with E-state index in [1.807, 2.05) is 30.3 Å².